The maximum absolute atomic E-state index is 12.4. The van der Waals surface area contributed by atoms with Gasteiger partial charge in [-0.2, -0.15) is 12.6 Å². The van der Waals surface area contributed by atoms with Crippen molar-refractivity contribution >= 4 is 36.3 Å². The fourth-order valence-corrected chi connectivity index (χ4v) is 2.70. The van der Waals surface area contributed by atoms with Gasteiger partial charge in [-0.25, -0.2) is 4.79 Å². The highest BCUT2D eigenvalue weighted by Crippen LogP contribution is 2.18. The standard InChI is InChI=1S/C14H24N4O6S/c1-7(11(20)17-9(6-25)14(23)24)16-12(21)10-3-2-4-18(10)13(22)8(15)5-19/h7-10,19,25H,2-6,15H2,1H3,(H,16,21)(H,17,20)(H,23,24). The molecule has 0 bridgehead atoms. The molecule has 0 radical (unpaired) electrons. The number of hydrogen-bond acceptors (Lipinski definition) is 7. The molecule has 25 heavy (non-hydrogen) atoms. The number of hydrogen-bond donors (Lipinski definition) is 6. The van der Waals surface area contributed by atoms with Crippen LogP contribution < -0.4 is 16.4 Å². The Morgan fingerprint density at radius 3 is 2.48 bits per heavy atom. The van der Waals surface area contributed by atoms with Crippen LogP contribution in [0.4, 0.5) is 0 Å². The minimum atomic E-state index is -1.23. The molecular formula is C14H24N4O6S. The van der Waals surface area contributed by atoms with E-state index in [4.69, 9.17) is 15.9 Å². The Kier molecular flexibility index (Phi) is 8.13. The van der Waals surface area contributed by atoms with Gasteiger partial charge in [0.05, 0.1) is 6.61 Å². The number of aliphatic carboxylic acids is 1. The van der Waals surface area contributed by atoms with Gasteiger partial charge in [-0.15, -0.1) is 0 Å². The number of aliphatic hydroxyl groups excluding tert-OH is 1. The zero-order valence-corrected chi connectivity index (χ0v) is 14.7. The molecule has 0 spiro atoms. The van der Waals surface area contributed by atoms with Crippen LogP contribution in [0.25, 0.3) is 0 Å². The molecule has 1 aliphatic rings. The molecule has 0 aliphatic carbocycles. The molecule has 10 nitrogen and oxygen atoms in total. The summed E-state index contributed by atoms with van der Waals surface area (Å²) in [5, 5.41) is 22.6. The van der Waals surface area contributed by atoms with E-state index in [0.29, 0.717) is 19.4 Å². The number of thiol groups is 1. The molecule has 6 N–H and O–H groups in total. The van der Waals surface area contributed by atoms with Gasteiger partial charge in [0.15, 0.2) is 0 Å². The lowest BCUT2D eigenvalue weighted by molar-refractivity contribution is -0.142. The Morgan fingerprint density at radius 2 is 1.96 bits per heavy atom. The summed E-state index contributed by atoms with van der Waals surface area (Å²) < 4.78 is 0. The average molecular weight is 376 g/mol. The number of nitrogens with two attached hydrogens (primary N) is 1. The van der Waals surface area contributed by atoms with Crippen molar-refractivity contribution in [1.29, 1.82) is 0 Å². The lowest BCUT2D eigenvalue weighted by atomic mass is 10.1. The second-order valence-corrected chi connectivity index (χ2v) is 6.16. The molecule has 0 aromatic rings. The monoisotopic (exact) mass is 376 g/mol. The van der Waals surface area contributed by atoms with Crippen molar-refractivity contribution in [2.45, 2.75) is 43.9 Å². The Bertz CT molecular complexity index is 531. The van der Waals surface area contributed by atoms with E-state index in [2.05, 4.69) is 23.3 Å². The Morgan fingerprint density at radius 1 is 1.32 bits per heavy atom. The summed E-state index contributed by atoms with van der Waals surface area (Å²) in [5.41, 5.74) is 5.51. The predicted octanol–water partition coefficient (Wildman–Crippen LogP) is -2.70. The van der Waals surface area contributed by atoms with Crippen LogP contribution in [0, 0.1) is 0 Å². The molecule has 142 valence electrons. The summed E-state index contributed by atoms with van der Waals surface area (Å²) in [5.74, 6) is -3.05. The zero-order valence-electron chi connectivity index (χ0n) is 13.8. The fourth-order valence-electron chi connectivity index (χ4n) is 2.45. The van der Waals surface area contributed by atoms with Crippen LogP contribution in [-0.2, 0) is 19.2 Å². The smallest absolute Gasteiger partial charge is 0.327 e. The Balaban J connectivity index is 2.66. The fraction of sp³-hybridized carbons (Fsp3) is 0.714. The number of amides is 3. The largest absolute Gasteiger partial charge is 0.480 e. The van der Waals surface area contributed by atoms with Crippen molar-refractivity contribution in [2.24, 2.45) is 5.73 Å². The second-order valence-electron chi connectivity index (χ2n) is 5.79. The summed E-state index contributed by atoms with van der Waals surface area (Å²) >= 11 is 3.84. The van der Waals surface area contributed by atoms with E-state index in [1.54, 1.807) is 0 Å². The first-order valence-corrected chi connectivity index (χ1v) is 8.47. The summed E-state index contributed by atoms with van der Waals surface area (Å²) in [6.45, 7) is 1.22. The lowest BCUT2D eigenvalue weighted by Crippen LogP contribution is -2.56. The van der Waals surface area contributed by atoms with Crippen molar-refractivity contribution in [3.05, 3.63) is 0 Å². The summed E-state index contributed by atoms with van der Waals surface area (Å²) in [4.78, 5) is 48.6. The summed E-state index contributed by atoms with van der Waals surface area (Å²) in [7, 11) is 0. The second kappa shape index (κ2) is 9.59. The van der Waals surface area contributed by atoms with Crippen molar-refractivity contribution in [2.75, 3.05) is 18.9 Å². The minimum Gasteiger partial charge on any atom is -0.480 e. The van der Waals surface area contributed by atoms with Crippen LogP contribution in [0.15, 0.2) is 0 Å². The molecule has 4 atom stereocenters. The number of carboxylic acid groups (broad SMARTS) is 1. The van der Waals surface area contributed by atoms with Gasteiger partial charge >= 0.3 is 5.97 Å². The van der Waals surface area contributed by atoms with Gasteiger partial charge < -0.3 is 31.5 Å². The molecule has 1 heterocycles. The van der Waals surface area contributed by atoms with E-state index in [0.717, 1.165) is 0 Å². The number of rotatable bonds is 8. The van der Waals surface area contributed by atoms with Crippen LogP contribution in [0.3, 0.4) is 0 Å². The Labute approximate surface area is 150 Å². The topological polar surface area (TPSA) is 162 Å². The van der Waals surface area contributed by atoms with E-state index in [9.17, 15) is 19.2 Å². The van der Waals surface area contributed by atoms with Crippen molar-refractivity contribution < 1.29 is 29.4 Å². The van der Waals surface area contributed by atoms with Gasteiger partial charge in [0, 0.05) is 12.3 Å². The van der Waals surface area contributed by atoms with Gasteiger partial charge in [0.2, 0.25) is 17.7 Å². The molecule has 3 amide bonds. The molecule has 0 aromatic heterocycles. The molecule has 1 rings (SSSR count). The third kappa shape index (κ3) is 5.58. The first kappa shape index (κ1) is 21.2. The predicted molar refractivity (Wildman–Crippen MR) is 90.8 cm³/mol. The molecule has 1 saturated heterocycles. The minimum absolute atomic E-state index is 0.0916. The highest BCUT2D eigenvalue weighted by atomic mass is 32.1. The molecular weight excluding hydrogens is 352 g/mol. The van der Waals surface area contributed by atoms with E-state index in [-0.39, 0.29) is 5.75 Å². The number of carboxylic acids is 1. The van der Waals surface area contributed by atoms with E-state index >= 15 is 0 Å². The number of carbonyl (C=O) groups excluding carboxylic acids is 3. The third-order valence-corrected chi connectivity index (χ3v) is 4.27. The maximum atomic E-state index is 12.4. The molecule has 1 aliphatic heterocycles. The number of nitrogens with zero attached hydrogens (tertiary/aromatic N) is 1. The maximum Gasteiger partial charge on any atom is 0.327 e. The Hall–Kier alpha value is -1.85. The van der Waals surface area contributed by atoms with Crippen LogP contribution in [0.5, 0.6) is 0 Å². The third-order valence-electron chi connectivity index (χ3n) is 3.90. The van der Waals surface area contributed by atoms with Gasteiger partial charge in [-0.1, -0.05) is 0 Å². The quantitative estimate of drug-likeness (QED) is 0.251. The molecule has 0 saturated carbocycles. The molecule has 1 fully saturated rings. The highest BCUT2D eigenvalue weighted by molar-refractivity contribution is 7.80. The molecule has 11 heteroatoms. The van der Waals surface area contributed by atoms with E-state index in [1.165, 1.54) is 11.8 Å². The number of nitrogens with one attached hydrogen (secondary N) is 2. The first-order valence-electron chi connectivity index (χ1n) is 7.84. The van der Waals surface area contributed by atoms with Crippen molar-refractivity contribution in [1.82, 2.24) is 15.5 Å². The van der Waals surface area contributed by atoms with Crippen LogP contribution >= 0.6 is 12.6 Å². The van der Waals surface area contributed by atoms with Gasteiger partial charge in [-0.3, -0.25) is 14.4 Å². The van der Waals surface area contributed by atoms with Crippen LogP contribution in [-0.4, -0.2) is 81.9 Å². The van der Waals surface area contributed by atoms with Gasteiger partial charge in [0.25, 0.3) is 0 Å². The molecule has 4 unspecified atom stereocenters. The number of carbonyl (C=O) groups is 4. The summed E-state index contributed by atoms with van der Waals surface area (Å²) in [6, 6.07) is -4.03. The van der Waals surface area contributed by atoms with Crippen molar-refractivity contribution in [3.8, 4) is 0 Å². The van der Waals surface area contributed by atoms with Crippen LogP contribution in [0.1, 0.15) is 19.8 Å². The van der Waals surface area contributed by atoms with Gasteiger partial charge in [-0.05, 0) is 19.8 Å². The summed E-state index contributed by atoms with van der Waals surface area (Å²) in [6.07, 6.45) is 1.02. The first-order chi connectivity index (χ1) is 11.7. The van der Waals surface area contributed by atoms with Gasteiger partial charge in [0.1, 0.15) is 24.2 Å². The van der Waals surface area contributed by atoms with Crippen molar-refractivity contribution in [3.63, 3.8) is 0 Å². The number of aliphatic hydroxyl groups is 1. The highest BCUT2D eigenvalue weighted by Gasteiger charge is 2.37. The van der Waals surface area contributed by atoms with E-state index < -0.39 is 54.5 Å². The normalized spacial score (nSPS) is 20.5. The van der Waals surface area contributed by atoms with Crippen LogP contribution in [0.2, 0.25) is 0 Å². The van der Waals surface area contributed by atoms with E-state index in [1.807, 2.05) is 0 Å². The number of likely N-dealkylation sites (tertiary alicyclic amines) is 1. The zero-order chi connectivity index (χ0) is 19.1. The SMILES string of the molecule is CC(NC(=O)C1CCCN1C(=O)C(N)CO)C(=O)NC(CS)C(=O)O. The average Bonchev–Trinajstić information content (AvgIpc) is 3.07. The lowest BCUT2D eigenvalue weighted by Gasteiger charge is -2.27. The molecule has 0 aromatic carbocycles.